The Morgan fingerprint density at radius 2 is 0.936 bits per heavy atom. The van der Waals surface area contributed by atoms with Crippen LogP contribution in [-0.2, 0) is 20.0 Å². The van der Waals surface area contributed by atoms with Crippen molar-refractivity contribution in [3.63, 3.8) is 0 Å². The maximum atomic E-state index is 13.7. The molecule has 0 amide bonds. The maximum Gasteiger partial charge on any atom is 0.243 e. The molecule has 1 aliphatic rings. The Hall–Kier alpha value is -2.14. The molecular formula is C33H38N4O4S6. The summed E-state index contributed by atoms with van der Waals surface area (Å²) in [5.41, 5.74) is 2.47. The molecule has 14 heteroatoms. The summed E-state index contributed by atoms with van der Waals surface area (Å²) < 4.78 is 57.8. The van der Waals surface area contributed by atoms with Gasteiger partial charge in [-0.25, -0.2) is 16.8 Å². The van der Waals surface area contributed by atoms with Gasteiger partial charge >= 0.3 is 0 Å². The van der Waals surface area contributed by atoms with E-state index in [0.29, 0.717) is 36.1 Å². The molecule has 0 unspecified atom stereocenters. The lowest BCUT2D eigenvalue weighted by Gasteiger charge is -2.23. The molecule has 3 aromatic carbocycles. The molecule has 0 fully saturated rings. The second kappa shape index (κ2) is 18.0. The minimum atomic E-state index is -3.72. The average molecular weight is 747 g/mol. The molecule has 0 N–H and O–H groups in total. The number of nitrogens with zero attached hydrogens (tertiary/aromatic N) is 4. The summed E-state index contributed by atoms with van der Waals surface area (Å²) in [6.45, 7) is 5.13. The summed E-state index contributed by atoms with van der Waals surface area (Å²) in [7, 11) is -7.44. The van der Waals surface area contributed by atoms with Gasteiger partial charge in [0.2, 0.25) is 20.0 Å². The molecule has 1 heterocycles. The Bertz CT molecular complexity index is 1670. The normalized spacial score (nSPS) is 17.3. The summed E-state index contributed by atoms with van der Waals surface area (Å²) in [6.07, 6.45) is 0.939. The zero-order chi connectivity index (χ0) is 33.9. The zero-order valence-electron chi connectivity index (χ0n) is 26.4. The number of sulfonamides is 2. The van der Waals surface area contributed by atoms with E-state index in [1.54, 1.807) is 84.2 Å². The molecule has 0 aromatic heterocycles. The molecule has 8 nitrogen and oxygen atoms in total. The Morgan fingerprint density at radius 3 is 1.30 bits per heavy atom. The minimum absolute atomic E-state index is 0.249. The van der Waals surface area contributed by atoms with Gasteiger partial charge in [-0.15, -0.1) is 23.5 Å². The number of thioether (sulfide) groups is 4. The van der Waals surface area contributed by atoms with Gasteiger partial charge in [0, 0.05) is 59.0 Å². The number of fused-ring (bicyclic) bond motifs is 1. The van der Waals surface area contributed by atoms with Crippen molar-refractivity contribution in [1.29, 1.82) is 10.5 Å². The predicted molar refractivity (Wildman–Crippen MR) is 196 cm³/mol. The quantitative estimate of drug-likeness (QED) is 0.293. The Labute approximate surface area is 296 Å². The molecule has 0 aliphatic carbocycles. The first kappa shape index (κ1) is 37.7. The lowest BCUT2D eigenvalue weighted by Crippen LogP contribution is -2.35. The first-order valence-corrected chi connectivity index (χ1v) is 22.3. The van der Waals surface area contributed by atoms with E-state index in [1.165, 1.54) is 32.1 Å². The molecular weight excluding hydrogens is 709 g/mol. The van der Waals surface area contributed by atoms with E-state index < -0.39 is 20.0 Å². The highest BCUT2D eigenvalue weighted by Gasteiger charge is 2.26. The second-order valence-corrected chi connectivity index (χ2v) is 19.4. The molecule has 0 bridgehead atoms. The van der Waals surface area contributed by atoms with Gasteiger partial charge in [-0.1, -0.05) is 35.4 Å². The molecule has 47 heavy (non-hydrogen) atoms. The van der Waals surface area contributed by atoms with Crippen molar-refractivity contribution in [3.05, 3.63) is 82.9 Å². The van der Waals surface area contributed by atoms with Crippen molar-refractivity contribution >= 4 is 67.1 Å². The Kier molecular flexibility index (Phi) is 14.4. The predicted octanol–water partition coefficient (Wildman–Crippen LogP) is 6.48. The number of hydrogen-bond donors (Lipinski definition) is 0. The monoisotopic (exact) mass is 746 g/mol. The lowest BCUT2D eigenvalue weighted by atomic mass is 10.1. The van der Waals surface area contributed by atoms with E-state index in [1.807, 2.05) is 13.8 Å². The maximum absolute atomic E-state index is 13.7. The van der Waals surface area contributed by atoms with Crippen molar-refractivity contribution in [1.82, 2.24) is 8.61 Å². The number of rotatable bonds is 4. The van der Waals surface area contributed by atoms with E-state index in [2.05, 4.69) is 12.1 Å². The molecule has 0 saturated carbocycles. The van der Waals surface area contributed by atoms with Crippen LogP contribution in [-0.4, -0.2) is 86.1 Å². The fraction of sp³-hybridized carbons (Fsp3) is 0.394. The van der Waals surface area contributed by atoms with Gasteiger partial charge in [-0.05, 0) is 68.2 Å². The van der Waals surface area contributed by atoms with E-state index in [-0.39, 0.29) is 34.0 Å². The van der Waals surface area contributed by atoms with Crippen LogP contribution in [0.25, 0.3) is 0 Å². The van der Waals surface area contributed by atoms with Crippen LogP contribution < -0.4 is 0 Å². The summed E-state index contributed by atoms with van der Waals surface area (Å²) in [5.74, 6) is 3.94. The van der Waals surface area contributed by atoms with E-state index in [0.717, 1.165) is 38.8 Å². The third-order valence-electron chi connectivity index (χ3n) is 7.39. The SMILES string of the molecule is Cc1ccc(S(=O)(=O)N2CCSCCCSCCN(S(=O)(=O)c3ccc(C)cc3)CCSc3cc(C#N)c(C#N)cc3SCC2)cc1. The van der Waals surface area contributed by atoms with Crippen LogP contribution in [0, 0.1) is 36.5 Å². The van der Waals surface area contributed by atoms with Crippen LogP contribution in [0.15, 0.2) is 80.2 Å². The van der Waals surface area contributed by atoms with E-state index >= 15 is 0 Å². The first-order chi connectivity index (χ1) is 22.6. The molecule has 4 rings (SSSR count). The van der Waals surface area contributed by atoms with Crippen molar-refractivity contribution in [2.75, 3.05) is 60.7 Å². The Balaban J connectivity index is 1.60. The van der Waals surface area contributed by atoms with Crippen LogP contribution in [0.2, 0.25) is 0 Å². The molecule has 0 radical (unpaired) electrons. The molecule has 0 spiro atoms. The van der Waals surface area contributed by atoms with Gasteiger partial charge in [0.05, 0.1) is 20.9 Å². The lowest BCUT2D eigenvalue weighted by molar-refractivity contribution is 0.449. The van der Waals surface area contributed by atoms with Crippen molar-refractivity contribution in [2.24, 2.45) is 0 Å². The third-order valence-corrected chi connectivity index (χ3v) is 15.5. The van der Waals surface area contributed by atoms with Crippen LogP contribution in [0.3, 0.4) is 0 Å². The van der Waals surface area contributed by atoms with E-state index in [9.17, 15) is 27.4 Å². The second-order valence-electron chi connectivity index (χ2n) is 10.8. The molecule has 0 atom stereocenters. The summed E-state index contributed by atoms with van der Waals surface area (Å²) in [6, 6.07) is 21.4. The fourth-order valence-electron chi connectivity index (χ4n) is 4.71. The van der Waals surface area contributed by atoms with Crippen LogP contribution in [0.4, 0.5) is 0 Å². The summed E-state index contributed by atoms with van der Waals surface area (Å²) in [4.78, 5) is 2.04. The number of aryl methyl sites for hydroxylation is 2. The van der Waals surface area contributed by atoms with Crippen molar-refractivity contribution in [3.8, 4) is 12.1 Å². The van der Waals surface area contributed by atoms with Gasteiger partial charge in [-0.3, -0.25) is 0 Å². The molecule has 1 aliphatic heterocycles. The van der Waals surface area contributed by atoms with Crippen molar-refractivity contribution < 1.29 is 16.8 Å². The molecule has 250 valence electrons. The van der Waals surface area contributed by atoms with Gasteiger partial charge in [-0.2, -0.15) is 42.7 Å². The van der Waals surface area contributed by atoms with Gasteiger partial charge in [0.1, 0.15) is 12.1 Å². The highest BCUT2D eigenvalue weighted by molar-refractivity contribution is 8.02. The smallest absolute Gasteiger partial charge is 0.207 e. The minimum Gasteiger partial charge on any atom is -0.207 e. The fourth-order valence-corrected chi connectivity index (χ4v) is 12.3. The number of hydrogen-bond acceptors (Lipinski definition) is 10. The largest absolute Gasteiger partial charge is 0.243 e. The molecule has 3 aromatic rings. The first-order valence-electron chi connectivity index (χ1n) is 15.1. The van der Waals surface area contributed by atoms with Gasteiger partial charge in [0.25, 0.3) is 0 Å². The summed E-state index contributed by atoms with van der Waals surface area (Å²) >= 11 is 6.30. The number of nitriles is 2. The van der Waals surface area contributed by atoms with E-state index in [4.69, 9.17) is 0 Å². The zero-order valence-corrected chi connectivity index (χ0v) is 31.3. The summed E-state index contributed by atoms with van der Waals surface area (Å²) in [5, 5.41) is 19.4. The van der Waals surface area contributed by atoms with Crippen LogP contribution >= 0.6 is 47.0 Å². The third kappa shape index (κ3) is 10.4. The van der Waals surface area contributed by atoms with Gasteiger partial charge < -0.3 is 0 Å². The number of benzene rings is 3. The Morgan fingerprint density at radius 1 is 0.574 bits per heavy atom. The highest BCUT2D eigenvalue weighted by atomic mass is 32.2. The highest BCUT2D eigenvalue weighted by Crippen LogP contribution is 2.34. The standard InChI is InChI=1S/C33H38N4O4S6/c1-26-4-8-30(9-5-26)46(38,39)36-12-18-42-16-3-17-43-19-13-37(47(40,41)31-10-6-27(2)7-11-31)15-21-45-33-23-29(25-35)28(24-34)22-32(33)44-20-14-36/h4-11,22-23H,3,12-21H2,1-2H3. The molecule has 0 saturated heterocycles. The van der Waals surface area contributed by atoms with Crippen LogP contribution in [0.1, 0.15) is 28.7 Å². The van der Waals surface area contributed by atoms with Crippen LogP contribution in [0.5, 0.6) is 0 Å². The topological polar surface area (TPSA) is 122 Å². The van der Waals surface area contributed by atoms with Gasteiger partial charge in [0.15, 0.2) is 0 Å². The average Bonchev–Trinajstić information content (AvgIpc) is 3.05. The van der Waals surface area contributed by atoms with Crippen molar-refractivity contribution in [2.45, 2.75) is 39.9 Å².